The second-order valence-electron chi connectivity index (χ2n) is 8.06. The molecular formula is C20H28N4O5. The van der Waals surface area contributed by atoms with E-state index in [0.29, 0.717) is 6.54 Å². The van der Waals surface area contributed by atoms with Crippen molar-refractivity contribution in [2.24, 2.45) is 5.16 Å². The molecule has 0 aromatic heterocycles. The first kappa shape index (κ1) is 20.8. The van der Waals surface area contributed by atoms with Crippen LogP contribution in [0.2, 0.25) is 0 Å². The van der Waals surface area contributed by atoms with Crippen LogP contribution in [0.15, 0.2) is 23.4 Å². The number of aryl methyl sites for hydroxylation is 1. The zero-order valence-electron chi connectivity index (χ0n) is 17.5. The molecule has 29 heavy (non-hydrogen) atoms. The summed E-state index contributed by atoms with van der Waals surface area (Å²) in [6, 6.07) is 5.85. The molecule has 1 fully saturated rings. The van der Waals surface area contributed by atoms with Crippen molar-refractivity contribution in [1.82, 2.24) is 5.32 Å². The number of carbonyl (C=O) groups is 2. The lowest BCUT2D eigenvalue weighted by atomic mass is 10.0. The SMILES string of the molecule is CON=C1CCc2cc(N3CC(CNC(=O)OC(C)(C)C)OC3=O)ccc2N1C. The summed E-state index contributed by atoms with van der Waals surface area (Å²) < 4.78 is 10.6. The number of oxime groups is 1. The van der Waals surface area contributed by atoms with Gasteiger partial charge in [0.2, 0.25) is 0 Å². The second-order valence-corrected chi connectivity index (χ2v) is 8.06. The van der Waals surface area contributed by atoms with Gasteiger partial charge in [0.05, 0.1) is 13.1 Å². The van der Waals surface area contributed by atoms with Crippen molar-refractivity contribution in [3.63, 3.8) is 0 Å². The van der Waals surface area contributed by atoms with Gasteiger partial charge in [-0.1, -0.05) is 5.16 Å². The smallest absolute Gasteiger partial charge is 0.414 e. The molecule has 1 N–H and O–H groups in total. The number of ether oxygens (including phenoxy) is 2. The van der Waals surface area contributed by atoms with Crippen LogP contribution >= 0.6 is 0 Å². The molecular weight excluding hydrogens is 376 g/mol. The molecule has 0 bridgehead atoms. The molecule has 0 saturated carbocycles. The molecule has 0 spiro atoms. The normalized spacial score (nSPS) is 20.4. The van der Waals surface area contributed by atoms with E-state index in [2.05, 4.69) is 10.5 Å². The number of alkyl carbamates (subject to hydrolysis) is 1. The van der Waals surface area contributed by atoms with E-state index >= 15 is 0 Å². The number of amides is 2. The van der Waals surface area contributed by atoms with Gasteiger partial charge in [0.25, 0.3) is 0 Å². The van der Waals surface area contributed by atoms with E-state index < -0.39 is 23.9 Å². The predicted octanol–water partition coefficient (Wildman–Crippen LogP) is 2.88. The van der Waals surface area contributed by atoms with E-state index in [1.807, 2.05) is 30.1 Å². The fourth-order valence-corrected chi connectivity index (χ4v) is 3.38. The van der Waals surface area contributed by atoms with E-state index in [4.69, 9.17) is 14.3 Å². The van der Waals surface area contributed by atoms with Crippen LogP contribution < -0.4 is 15.1 Å². The van der Waals surface area contributed by atoms with Gasteiger partial charge < -0.3 is 24.5 Å². The molecule has 1 aromatic carbocycles. The number of benzene rings is 1. The number of cyclic esters (lactones) is 1. The Hall–Kier alpha value is -2.97. The van der Waals surface area contributed by atoms with Crippen LogP contribution in [0.3, 0.4) is 0 Å². The van der Waals surface area contributed by atoms with Crippen LogP contribution in [0, 0.1) is 0 Å². The quantitative estimate of drug-likeness (QED) is 0.776. The fourth-order valence-electron chi connectivity index (χ4n) is 3.38. The van der Waals surface area contributed by atoms with Gasteiger partial charge in [-0.2, -0.15) is 0 Å². The van der Waals surface area contributed by atoms with Gasteiger partial charge in [-0.3, -0.25) is 4.90 Å². The standard InChI is InChI=1S/C20H28N4O5/c1-20(2,3)29-18(25)21-11-15-12-24(19(26)28-15)14-7-8-16-13(10-14)6-9-17(22-27-5)23(16)4/h7-8,10,15H,6,9,11-12H2,1-5H3,(H,21,25). The largest absolute Gasteiger partial charge is 0.444 e. The van der Waals surface area contributed by atoms with Crippen LogP contribution in [0.4, 0.5) is 21.0 Å². The van der Waals surface area contributed by atoms with Crippen LogP contribution in [0.1, 0.15) is 32.8 Å². The average molecular weight is 404 g/mol. The highest BCUT2D eigenvalue weighted by Gasteiger charge is 2.33. The van der Waals surface area contributed by atoms with Crippen LogP contribution in [-0.4, -0.2) is 57.0 Å². The zero-order chi connectivity index (χ0) is 21.2. The van der Waals surface area contributed by atoms with Gasteiger partial charge in [0.15, 0.2) is 0 Å². The van der Waals surface area contributed by atoms with E-state index in [0.717, 1.165) is 35.6 Å². The summed E-state index contributed by atoms with van der Waals surface area (Å²) in [5, 5.41) is 6.70. The Morgan fingerprint density at radius 3 is 2.79 bits per heavy atom. The number of hydrogen-bond acceptors (Lipinski definition) is 6. The number of anilines is 2. The molecule has 0 aliphatic carbocycles. The third-order valence-corrected chi connectivity index (χ3v) is 4.68. The van der Waals surface area contributed by atoms with Crippen LogP contribution in [-0.2, 0) is 20.7 Å². The van der Waals surface area contributed by atoms with Gasteiger partial charge in [0.1, 0.15) is 24.7 Å². The van der Waals surface area contributed by atoms with Crippen molar-refractivity contribution in [2.75, 3.05) is 37.0 Å². The first-order valence-electron chi connectivity index (χ1n) is 9.59. The lowest BCUT2D eigenvalue weighted by Crippen LogP contribution is -2.38. The molecule has 1 atom stereocenters. The fraction of sp³-hybridized carbons (Fsp3) is 0.550. The molecule has 1 unspecified atom stereocenters. The third kappa shape index (κ3) is 4.90. The maximum absolute atomic E-state index is 12.3. The number of hydrogen-bond donors (Lipinski definition) is 1. The van der Waals surface area contributed by atoms with Gasteiger partial charge in [-0.05, 0) is 51.0 Å². The molecule has 3 rings (SSSR count). The summed E-state index contributed by atoms with van der Waals surface area (Å²) in [5.41, 5.74) is 2.36. The molecule has 1 saturated heterocycles. The van der Waals surface area contributed by atoms with Crippen molar-refractivity contribution in [1.29, 1.82) is 0 Å². The molecule has 1 aromatic rings. The maximum Gasteiger partial charge on any atom is 0.414 e. The first-order valence-corrected chi connectivity index (χ1v) is 9.59. The van der Waals surface area contributed by atoms with Crippen LogP contribution in [0.5, 0.6) is 0 Å². The van der Waals surface area contributed by atoms with Crippen molar-refractivity contribution < 1.29 is 23.9 Å². The Morgan fingerprint density at radius 2 is 2.10 bits per heavy atom. The number of fused-ring (bicyclic) bond motifs is 1. The van der Waals surface area contributed by atoms with E-state index in [9.17, 15) is 9.59 Å². The minimum Gasteiger partial charge on any atom is -0.444 e. The van der Waals surface area contributed by atoms with E-state index in [-0.39, 0.29) is 6.54 Å². The van der Waals surface area contributed by atoms with Gasteiger partial charge >= 0.3 is 12.2 Å². The van der Waals surface area contributed by atoms with Crippen molar-refractivity contribution in [3.05, 3.63) is 23.8 Å². The molecule has 9 heteroatoms. The van der Waals surface area contributed by atoms with Crippen molar-refractivity contribution in [3.8, 4) is 0 Å². The number of amidine groups is 1. The molecule has 158 valence electrons. The summed E-state index contributed by atoms with van der Waals surface area (Å²) in [6.07, 6.45) is 0.175. The Morgan fingerprint density at radius 1 is 1.34 bits per heavy atom. The maximum atomic E-state index is 12.3. The van der Waals surface area contributed by atoms with Crippen molar-refractivity contribution >= 4 is 29.4 Å². The minimum absolute atomic E-state index is 0.196. The minimum atomic E-state index is -0.577. The number of nitrogens with one attached hydrogen (secondary N) is 1. The molecule has 0 radical (unpaired) electrons. The van der Waals surface area contributed by atoms with E-state index in [1.165, 1.54) is 7.11 Å². The highest BCUT2D eigenvalue weighted by atomic mass is 16.6. The number of carbonyl (C=O) groups excluding carboxylic acids is 2. The molecule has 2 heterocycles. The predicted molar refractivity (Wildman–Crippen MR) is 109 cm³/mol. The lowest BCUT2D eigenvalue weighted by molar-refractivity contribution is 0.0496. The topological polar surface area (TPSA) is 92.7 Å². The Bertz CT molecular complexity index is 818. The third-order valence-electron chi connectivity index (χ3n) is 4.68. The van der Waals surface area contributed by atoms with Gasteiger partial charge in [-0.15, -0.1) is 0 Å². The van der Waals surface area contributed by atoms with Gasteiger partial charge in [0, 0.05) is 24.8 Å². The average Bonchev–Trinajstić information content (AvgIpc) is 3.01. The van der Waals surface area contributed by atoms with Crippen LogP contribution in [0.25, 0.3) is 0 Å². The summed E-state index contributed by atoms with van der Waals surface area (Å²) in [5.74, 6) is 0.863. The number of rotatable bonds is 4. The molecule has 9 nitrogen and oxygen atoms in total. The van der Waals surface area contributed by atoms with E-state index in [1.54, 1.807) is 25.7 Å². The Balaban J connectivity index is 1.64. The Kier molecular flexibility index (Phi) is 5.86. The monoisotopic (exact) mass is 404 g/mol. The summed E-state index contributed by atoms with van der Waals surface area (Å²) in [7, 11) is 3.48. The summed E-state index contributed by atoms with van der Waals surface area (Å²) >= 11 is 0. The lowest BCUT2D eigenvalue weighted by Gasteiger charge is -2.29. The van der Waals surface area contributed by atoms with Gasteiger partial charge in [-0.25, -0.2) is 9.59 Å². The number of nitrogens with zero attached hydrogens (tertiary/aromatic N) is 3. The van der Waals surface area contributed by atoms with Crippen molar-refractivity contribution in [2.45, 2.75) is 45.3 Å². The zero-order valence-corrected chi connectivity index (χ0v) is 17.5. The molecule has 2 aliphatic rings. The Labute approximate surface area is 170 Å². The second kappa shape index (κ2) is 8.18. The molecule has 2 aliphatic heterocycles. The summed E-state index contributed by atoms with van der Waals surface area (Å²) in [4.78, 5) is 32.6. The molecule has 2 amide bonds. The first-order chi connectivity index (χ1) is 13.7. The highest BCUT2D eigenvalue weighted by Crippen LogP contribution is 2.32. The highest BCUT2D eigenvalue weighted by molar-refractivity contribution is 6.00. The summed E-state index contributed by atoms with van der Waals surface area (Å²) in [6.45, 7) is 5.94.